The minimum atomic E-state index is -0.0888. The summed E-state index contributed by atoms with van der Waals surface area (Å²) < 4.78 is 0. The molecular weight excluding hydrogens is 516 g/mol. The van der Waals surface area contributed by atoms with Crippen molar-refractivity contribution in [1.29, 1.82) is 0 Å². The molecule has 236 valence electrons. The summed E-state index contributed by atoms with van der Waals surface area (Å²) in [5.74, 6) is 0.942. The monoisotopic (exact) mass is 578 g/mol. The Labute approximate surface area is 258 Å². The maximum atomic E-state index is 11.2. The summed E-state index contributed by atoms with van der Waals surface area (Å²) >= 11 is 0. The molecular formula is C38H62N2O2. The van der Waals surface area contributed by atoms with Crippen LogP contribution in [0.5, 0.6) is 11.5 Å². The van der Waals surface area contributed by atoms with Gasteiger partial charge in [-0.2, -0.15) is 0 Å². The average Bonchev–Trinajstić information content (AvgIpc) is 2.90. The summed E-state index contributed by atoms with van der Waals surface area (Å²) in [4.78, 5) is 5.47. The maximum absolute atomic E-state index is 11.2. The van der Waals surface area contributed by atoms with Gasteiger partial charge in [0.2, 0.25) is 0 Å². The molecule has 2 unspecified atom stereocenters. The van der Waals surface area contributed by atoms with Gasteiger partial charge >= 0.3 is 0 Å². The molecule has 2 atom stereocenters. The Hall–Kier alpha value is -2.04. The highest BCUT2D eigenvalue weighted by atomic mass is 16.3. The molecule has 1 aliphatic rings. The largest absolute Gasteiger partial charge is 0.507 e. The van der Waals surface area contributed by atoms with E-state index in [2.05, 4.69) is 105 Å². The van der Waals surface area contributed by atoms with E-state index >= 15 is 0 Å². The Morgan fingerprint density at radius 2 is 0.976 bits per heavy atom. The molecule has 1 fully saturated rings. The molecule has 0 aliphatic carbocycles. The fraction of sp³-hybridized carbons (Fsp3) is 0.684. The third-order valence-electron chi connectivity index (χ3n) is 9.84. The molecule has 4 nitrogen and oxygen atoms in total. The molecule has 0 spiro atoms. The Bertz CT molecular complexity index is 1120. The SMILES string of the molecule is CCCCC1CN(Cc2c(C)cc(C(C)(C)C)c(O)c2C)C(CCCC)CN1Cc1c(C)cc(C(C)(C)C)c(O)c1C. The van der Waals surface area contributed by atoms with E-state index in [4.69, 9.17) is 0 Å². The zero-order chi connectivity index (χ0) is 31.6. The van der Waals surface area contributed by atoms with E-state index in [1.807, 2.05) is 0 Å². The molecule has 1 aliphatic heterocycles. The van der Waals surface area contributed by atoms with Gasteiger partial charge in [-0.15, -0.1) is 0 Å². The highest BCUT2D eigenvalue weighted by Crippen LogP contribution is 2.39. The molecule has 0 amide bonds. The van der Waals surface area contributed by atoms with Gasteiger partial charge in [0.05, 0.1) is 0 Å². The number of piperazine rings is 1. The number of phenols is 2. The lowest BCUT2D eigenvalue weighted by molar-refractivity contribution is 0.00934. The second-order valence-electron chi connectivity index (χ2n) is 15.3. The van der Waals surface area contributed by atoms with Crippen molar-refractivity contribution in [1.82, 2.24) is 9.80 Å². The number of hydrogen-bond acceptors (Lipinski definition) is 4. The third kappa shape index (κ3) is 7.72. The number of nitrogens with zero attached hydrogens (tertiary/aromatic N) is 2. The van der Waals surface area contributed by atoms with Crippen molar-refractivity contribution in [3.63, 3.8) is 0 Å². The molecule has 0 bridgehead atoms. The van der Waals surface area contributed by atoms with E-state index in [9.17, 15) is 10.2 Å². The average molecular weight is 579 g/mol. The second-order valence-corrected chi connectivity index (χ2v) is 15.3. The first-order valence-corrected chi connectivity index (χ1v) is 16.6. The van der Waals surface area contributed by atoms with Crippen LogP contribution in [0.1, 0.15) is 138 Å². The van der Waals surface area contributed by atoms with Crippen molar-refractivity contribution in [2.45, 2.75) is 158 Å². The van der Waals surface area contributed by atoms with Crippen molar-refractivity contribution in [3.05, 3.63) is 56.6 Å². The molecule has 4 heteroatoms. The van der Waals surface area contributed by atoms with Crippen LogP contribution in [-0.2, 0) is 23.9 Å². The van der Waals surface area contributed by atoms with Gasteiger partial charge in [0.1, 0.15) is 11.5 Å². The van der Waals surface area contributed by atoms with Gasteiger partial charge in [-0.05, 0) is 95.9 Å². The van der Waals surface area contributed by atoms with Crippen LogP contribution in [0.4, 0.5) is 0 Å². The van der Waals surface area contributed by atoms with Crippen molar-refractivity contribution >= 4 is 0 Å². The van der Waals surface area contributed by atoms with Crippen LogP contribution >= 0.6 is 0 Å². The first kappa shape index (κ1) is 34.5. The Morgan fingerprint density at radius 3 is 1.26 bits per heavy atom. The van der Waals surface area contributed by atoms with Crippen LogP contribution < -0.4 is 0 Å². The van der Waals surface area contributed by atoms with E-state index in [1.165, 1.54) is 60.8 Å². The molecule has 1 saturated heterocycles. The lowest BCUT2D eigenvalue weighted by Gasteiger charge is -2.47. The number of benzene rings is 2. The summed E-state index contributed by atoms with van der Waals surface area (Å²) in [5.41, 5.74) is 9.16. The van der Waals surface area contributed by atoms with Crippen LogP contribution in [0.15, 0.2) is 12.1 Å². The number of aryl methyl sites for hydroxylation is 2. The summed E-state index contributed by atoms with van der Waals surface area (Å²) in [6, 6.07) is 5.38. The molecule has 2 N–H and O–H groups in total. The van der Waals surface area contributed by atoms with Crippen molar-refractivity contribution in [2.24, 2.45) is 0 Å². The summed E-state index contributed by atoms with van der Waals surface area (Å²) in [5, 5.41) is 22.5. The van der Waals surface area contributed by atoms with Crippen LogP contribution in [0.2, 0.25) is 0 Å². The van der Waals surface area contributed by atoms with Crippen LogP contribution in [0.3, 0.4) is 0 Å². The first-order valence-electron chi connectivity index (χ1n) is 16.6. The zero-order valence-electron chi connectivity index (χ0n) is 29.2. The number of aromatic hydroxyl groups is 2. The van der Waals surface area contributed by atoms with Crippen LogP contribution in [-0.4, -0.2) is 45.2 Å². The van der Waals surface area contributed by atoms with Crippen molar-refractivity contribution < 1.29 is 10.2 Å². The van der Waals surface area contributed by atoms with Gasteiger partial charge in [-0.1, -0.05) is 93.2 Å². The first-order chi connectivity index (χ1) is 19.5. The minimum absolute atomic E-state index is 0.0888. The van der Waals surface area contributed by atoms with Gasteiger partial charge in [-0.3, -0.25) is 9.80 Å². The topological polar surface area (TPSA) is 46.9 Å². The fourth-order valence-corrected chi connectivity index (χ4v) is 6.95. The number of hydrogen-bond donors (Lipinski definition) is 2. The predicted octanol–water partition coefficient (Wildman–Crippen LogP) is 9.36. The van der Waals surface area contributed by atoms with Gasteiger partial charge in [0.25, 0.3) is 0 Å². The number of rotatable bonds is 10. The summed E-state index contributed by atoms with van der Waals surface area (Å²) in [7, 11) is 0. The van der Waals surface area contributed by atoms with Gasteiger partial charge in [-0.25, -0.2) is 0 Å². The van der Waals surface area contributed by atoms with Crippen LogP contribution in [0, 0.1) is 27.7 Å². The zero-order valence-corrected chi connectivity index (χ0v) is 29.2. The highest BCUT2D eigenvalue weighted by Gasteiger charge is 2.35. The molecule has 2 aromatic carbocycles. The maximum Gasteiger partial charge on any atom is 0.122 e. The van der Waals surface area contributed by atoms with E-state index < -0.39 is 0 Å². The van der Waals surface area contributed by atoms with Crippen molar-refractivity contribution in [3.8, 4) is 11.5 Å². The Kier molecular flexibility index (Phi) is 11.3. The molecule has 3 rings (SSSR count). The quantitative estimate of drug-likeness (QED) is 0.295. The molecule has 2 aromatic rings. The number of unbranched alkanes of at least 4 members (excludes halogenated alkanes) is 2. The summed E-state index contributed by atoms with van der Waals surface area (Å²) in [6.45, 7) is 30.2. The fourth-order valence-electron chi connectivity index (χ4n) is 6.95. The van der Waals surface area contributed by atoms with E-state index in [0.29, 0.717) is 23.6 Å². The van der Waals surface area contributed by atoms with Gasteiger partial charge in [0.15, 0.2) is 0 Å². The number of phenolic OH excluding ortho intramolecular Hbond substituents is 2. The van der Waals surface area contributed by atoms with Crippen LogP contribution in [0.25, 0.3) is 0 Å². The summed E-state index contributed by atoms with van der Waals surface area (Å²) in [6.07, 6.45) is 7.21. The van der Waals surface area contributed by atoms with E-state index in [0.717, 1.165) is 48.4 Å². The Balaban J connectivity index is 1.98. The molecule has 42 heavy (non-hydrogen) atoms. The normalized spacial score (nSPS) is 19.0. The van der Waals surface area contributed by atoms with E-state index in [1.54, 1.807) is 0 Å². The highest BCUT2D eigenvalue weighted by molar-refractivity contribution is 5.52. The van der Waals surface area contributed by atoms with Gasteiger partial charge < -0.3 is 10.2 Å². The van der Waals surface area contributed by atoms with E-state index in [-0.39, 0.29) is 10.8 Å². The lowest BCUT2D eigenvalue weighted by atomic mass is 9.82. The smallest absolute Gasteiger partial charge is 0.122 e. The third-order valence-corrected chi connectivity index (χ3v) is 9.84. The molecule has 0 radical (unpaired) electrons. The lowest BCUT2D eigenvalue weighted by Crippen LogP contribution is -2.57. The predicted molar refractivity (Wildman–Crippen MR) is 180 cm³/mol. The standard InChI is InChI=1S/C38H62N2O2/c1-13-15-17-29-21-40(24-32-26(4)20-34(38(10,11)12)36(42)28(32)6)30(18-16-14-2)22-39(29)23-31-25(3)19-33(37(7,8)9)35(41)27(31)5/h19-20,29-30,41-42H,13-18,21-24H2,1-12H3. The Morgan fingerprint density at radius 1 is 0.643 bits per heavy atom. The second kappa shape index (κ2) is 13.7. The minimum Gasteiger partial charge on any atom is -0.507 e. The molecule has 0 aromatic heterocycles. The van der Waals surface area contributed by atoms with Gasteiger partial charge in [0, 0.05) is 38.3 Å². The molecule has 1 heterocycles. The molecule has 0 saturated carbocycles. The van der Waals surface area contributed by atoms with Crippen molar-refractivity contribution in [2.75, 3.05) is 13.1 Å².